The van der Waals surface area contributed by atoms with E-state index < -0.39 is 11.6 Å². The first-order valence-electron chi connectivity index (χ1n) is 7.36. The molecule has 0 aliphatic carbocycles. The summed E-state index contributed by atoms with van der Waals surface area (Å²) in [6.07, 6.45) is 0.177. The molecule has 1 heterocycles. The summed E-state index contributed by atoms with van der Waals surface area (Å²) in [4.78, 5) is 2.16. The molecule has 0 radical (unpaired) electrons. The van der Waals surface area contributed by atoms with E-state index in [4.69, 9.17) is 5.26 Å². The summed E-state index contributed by atoms with van der Waals surface area (Å²) in [7, 11) is 0. The van der Waals surface area contributed by atoms with Gasteiger partial charge in [-0.1, -0.05) is 44.2 Å². The van der Waals surface area contributed by atoms with Crippen molar-refractivity contribution >= 4 is 0 Å². The van der Waals surface area contributed by atoms with Gasteiger partial charge in [0.1, 0.15) is 6.17 Å². The Morgan fingerprint density at radius 2 is 2.10 bits per heavy atom. The summed E-state index contributed by atoms with van der Waals surface area (Å²) in [6.45, 7) is 6.18. The molecule has 1 fully saturated rings. The van der Waals surface area contributed by atoms with Gasteiger partial charge in [-0.3, -0.25) is 4.90 Å². The zero-order valence-corrected chi connectivity index (χ0v) is 12.3. The van der Waals surface area contributed by atoms with Crippen molar-refractivity contribution in [1.29, 1.82) is 5.26 Å². The van der Waals surface area contributed by atoms with Crippen molar-refractivity contribution in [3.8, 4) is 6.07 Å². The SMILES string of the molecule is CC(C)[C@@]1(CC#N)CCN(Cc2ccccc2)C[C@H]1F. The smallest absolute Gasteiger partial charge is 0.120 e. The average Bonchev–Trinajstić information content (AvgIpc) is 2.43. The Morgan fingerprint density at radius 1 is 1.40 bits per heavy atom. The van der Waals surface area contributed by atoms with Crippen molar-refractivity contribution in [3.05, 3.63) is 35.9 Å². The second kappa shape index (κ2) is 6.37. The number of nitriles is 1. The molecule has 3 heteroatoms. The van der Waals surface area contributed by atoms with Gasteiger partial charge < -0.3 is 0 Å². The van der Waals surface area contributed by atoms with Crippen molar-refractivity contribution in [1.82, 2.24) is 4.90 Å². The van der Waals surface area contributed by atoms with Gasteiger partial charge in [0.2, 0.25) is 0 Å². The molecule has 2 rings (SSSR count). The van der Waals surface area contributed by atoms with Crippen LogP contribution >= 0.6 is 0 Å². The first-order valence-corrected chi connectivity index (χ1v) is 7.36. The van der Waals surface area contributed by atoms with Gasteiger partial charge in [0.25, 0.3) is 0 Å². The van der Waals surface area contributed by atoms with E-state index in [1.165, 1.54) is 5.56 Å². The van der Waals surface area contributed by atoms with Crippen LogP contribution in [0.4, 0.5) is 4.39 Å². The van der Waals surface area contributed by atoms with Gasteiger partial charge in [-0.2, -0.15) is 5.26 Å². The van der Waals surface area contributed by atoms with E-state index in [2.05, 4.69) is 23.1 Å². The highest BCUT2D eigenvalue weighted by Crippen LogP contribution is 2.43. The number of hydrogen-bond donors (Lipinski definition) is 0. The number of alkyl halides is 1. The lowest BCUT2D eigenvalue weighted by molar-refractivity contribution is -0.0253. The number of rotatable bonds is 4. The van der Waals surface area contributed by atoms with Crippen molar-refractivity contribution < 1.29 is 4.39 Å². The number of likely N-dealkylation sites (tertiary alicyclic amines) is 1. The Balaban J connectivity index is 2.03. The van der Waals surface area contributed by atoms with E-state index in [1.54, 1.807) is 0 Å². The summed E-state index contributed by atoms with van der Waals surface area (Å²) in [6, 6.07) is 12.4. The Bertz CT molecular complexity index is 466. The topological polar surface area (TPSA) is 27.0 Å². The third kappa shape index (κ3) is 3.02. The summed E-state index contributed by atoms with van der Waals surface area (Å²) in [5, 5.41) is 9.02. The van der Waals surface area contributed by atoms with Crippen molar-refractivity contribution in [2.24, 2.45) is 11.3 Å². The summed E-state index contributed by atoms with van der Waals surface area (Å²) in [5.74, 6) is 0.205. The van der Waals surface area contributed by atoms with Gasteiger partial charge in [0.15, 0.2) is 0 Å². The molecule has 108 valence electrons. The fourth-order valence-electron chi connectivity index (χ4n) is 3.21. The van der Waals surface area contributed by atoms with E-state index >= 15 is 0 Å². The molecule has 0 spiro atoms. The summed E-state index contributed by atoms with van der Waals surface area (Å²) < 4.78 is 14.7. The number of benzene rings is 1. The van der Waals surface area contributed by atoms with Gasteiger partial charge >= 0.3 is 0 Å². The van der Waals surface area contributed by atoms with Crippen LogP contribution in [-0.4, -0.2) is 24.2 Å². The molecule has 0 saturated carbocycles. The maximum absolute atomic E-state index is 14.7. The van der Waals surface area contributed by atoms with Crippen LogP contribution in [0.1, 0.15) is 32.3 Å². The third-order valence-electron chi connectivity index (χ3n) is 4.74. The second-order valence-corrected chi connectivity index (χ2v) is 6.16. The zero-order chi connectivity index (χ0) is 14.6. The Labute approximate surface area is 121 Å². The zero-order valence-electron chi connectivity index (χ0n) is 12.3. The summed E-state index contributed by atoms with van der Waals surface area (Å²) in [5.41, 5.74) is 0.763. The lowest BCUT2D eigenvalue weighted by Crippen LogP contribution is -2.51. The van der Waals surface area contributed by atoms with Crippen LogP contribution in [0.15, 0.2) is 30.3 Å². The molecule has 2 atom stereocenters. The summed E-state index contributed by atoms with van der Waals surface area (Å²) >= 11 is 0. The van der Waals surface area contributed by atoms with Crippen LogP contribution in [0.2, 0.25) is 0 Å². The molecule has 1 aromatic carbocycles. The molecule has 0 unspecified atom stereocenters. The van der Waals surface area contributed by atoms with Crippen LogP contribution in [-0.2, 0) is 6.54 Å². The van der Waals surface area contributed by atoms with Crippen molar-refractivity contribution in [2.75, 3.05) is 13.1 Å². The van der Waals surface area contributed by atoms with Crippen LogP contribution in [0.5, 0.6) is 0 Å². The Hall–Kier alpha value is -1.40. The predicted molar refractivity (Wildman–Crippen MR) is 78.7 cm³/mol. The molecule has 1 aliphatic rings. The number of hydrogen-bond acceptors (Lipinski definition) is 2. The lowest BCUT2D eigenvalue weighted by atomic mass is 9.67. The fourth-order valence-corrected chi connectivity index (χ4v) is 3.21. The maximum Gasteiger partial charge on any atom is 0.120 e. The van der Waals surface area contributed by atoms with Crippen LogP contribution < -0.4 is 0 Å². The highest BCUT2D eigenvalue weighted by Gasteiger charge is 2.45. The third-order valence-corrected chi connectivity index (χ3v) is 4.74. The molecule has 0 amide bonds. The minimum Gasteiger partial charge on any atom is -0.296 e. The Kier molecular flexibility index (Phi) is 4.77. The van der Waals surface area contributed by atoms with Crippen LogP contribution in [0.25, 0.3) is 0 Å². The van der Waals surface area contributed by atoms with Gasteiger partial charge in [0, 0.05) is 24.9 Å². The molecule has 2 nitrogen and oxygen atoms in total. The first-order chi connectivity index (χ1) is 9.58. The Morgan fingerprint density at radius 3 is 2.65 bits per heavy atom. The highest BCUT2D eigenvalue weighted by molar-refractivity contribution is 5.15. The minimum absolute atomic E-state index is 0.205. The molecule has 20 heavy (non-hydrogen) atoms. The maximum atomic E-state index is 14.7. The van der Waals surface area contributed by atoms with E-state index in [-0.39, 0.29) is 5.92 Å². The second-order valence-electron chi connectivity index (χ2n) is 6.16. The largest absolute Gasteiger partial charge is 0.296 e. The number of nitrogens with zero attached hydrogens (tertiary/aromatic N) is 2. The van der Waals surface area contributed by atoms with E-state index in [0.29, 0.717) is 13.0 Å². The molecule has 0 bridgehead atoms. The molecule has 1 aromatic rings. The minimum atomic E-state index is -0.917. The molecule has 1 aliphatic heterocycles. The number of piperidine rings is 1. The van der Waals surface area contributed by atoms with Gasteiger partial charge in [-0.25, -0.2) is 4.39 Å². The molecule has 1 saturated heterocycles. The molecular formula is C17H23FN2. The van der Waals surface area contributed by atoms with Crippen molar-refractivity contribution in [2.45, 2.75) is 39.4 Å². The quantitative estimate of drug-likeness (QED) is 0.835. The van der Waals surface area contributed by atoms with Crippen LogP contribution in [0, 0.1) is 22.7 Å². The van der Waals surface area contributed by atoms with E-state index in [9.17, 15) is 4.39 Å². The predicted octanol–water partition coefficient (Wildman–Crippen LogP) is 3.79. The fraction of sp³-hybridized carbons (Fsp3) is 0.588. The number of halogens is 1. The van der Waals surface area contributed by atoms with Crippen molar-refractivity contribution in [3.63, 3.8) is 0 Å². The monoisotopic (exact) mass is 274 g/mol. The van der Waals surface area contributed by atoms with E-state index in [0.717, 1.165) is 19.5 Å². The van der Waals surface area contributed by atoms with Gasteiger partial charge in [-0.15, -0.1) is 0 Å². The molecular weight excluding hydrogens is 251 g/mol. The van der Waals surface area contributed by atoms with Gasteiger partial charge in [0.05, 0.1) is 6.07 Å². The first kappa shape index (κ1) is 15.0. The van der Waals surface area contributed by atoms with Gasteiger partial charge in [-0.05, 0) is 24.4 Å². The lowest BCUT2D eigenvalue weighted by Gasteiger charge is -2.46. The highest BCUT2D eigenvalue weighted by atomic mass is 19.1. The molecule has 0 N–H and O–H groups in total. The normalized spacial score (nSPS) is 27.4. The molecule has 0 aromatic heterocycles. The van der Waals surface area contributed by atoms with Crippen LogP contribution in [0.3, 0.4) is 0 Å². The van der Waals surface area contributed by atoms with E-state index in [1.807, 2.05) is 32.0 Å². The average molecular weight is 274 g/mol. The standard InChI is InChI=1S/C17H23FN2/c1-14(2)17(8-10-19)9-11-20(13-16(17)18)12-15-6-4-3-5-7-15/h3-7,14,16H,8-9,11-13H2,1-2H3/t16-,17-/m1/s1.